The molecule has 0 amide bonds. The number of ether oxygens (including phenoxy) is 1. The van der Waals surface area contributed by atoms with Gasteiger partial charge in [-0.25, -0.2) is 0 Å². The van der Waals surface area contributed by atoms with Gasteiger partial charge in [-0.1, -0.05) is 46.5 Å². The quantitative estimate of drug-likeness (QED) is 0.592. The van der Waals surface area contributed by atoms with Crippen LogP contribution in [0.3, 0.4) is 0 Å². The van der Waals surface area contributed by atoms with Crippen LogP contribution in [-0.2, 0) is 0 Å². The van der Waals surface area contributed by atoms with Crippen molar-refractivity contribution < 1.29 is 4.74 Å². The summed E-state index contributed by atoms with van der Waals surface area (Å²) in [5.41, 5.74) is 0. The third-order valence-electron chi connectivity index (χ3n) is 1.95. The van der Waals surface area contributed by atoms with Crippen molar-refractivity contribution >= 4 is 46.5 Å². The van der Waals surface area contributed by atoms with Crippen LogP contribution < -0.4 is 4.74 Å². The Bertz CT molecular complexity index is 489. The average Bonchev–Trinajstić information content (AvgIpc) is 2.85. The number of nitrogens with zero attached hydrogens (tertiary/aromatic N) is 2. The summed E-state index contributed by atoms with van der Waals surface area (Å²) in [5, 5.41) is 8.84. The highest BCUT2D eigenvalue weighted by molar-refractivity contribution is 8.02. The summed E-state index contributed by atoms with van der Waals surface area (Å²) in [6, 6.07) is 7.37. The number of rotatable bonds is 6. The van der Waals surface area contributed by atoms with Crippen LogP contribution in [0.1, 0.15) is 0 Å². The van der Waals surface area contributed by atoms with Gasteiger partial charge < -0.3 is 4.74 Å². The molecule has 0 fully saturated rings. The molecule has 2 rings (SSSR count). The molecule has 3 nitrogen and oxygen atoms in total. The fourth-order valence-corrected chi connectivity index (χ4v) is 3.61. The molecule has 0 saturated carbocycles. The van der Waals surface area contributed by atoms with Crippen molar-refractivity contribution in [3.63, 3.8) is 0 Å². The first-order valence-electron chi connectivity index (χ1n) is 5.16. The Morgan fingerprint density at radius 1 is 1.22 bits per heavy atom. The average molecular weight is 319 g/mol. The summed E-state index contributed by atoms with van der Waals surface area (Å²) in [5.74, 6) is 1.69. The van der Waals surface area contributed by atoms with Crippen molar-refractivity contribution in [1.29, 1.82) is 0 Å². The van der Waals surface area contributed by atoms with Crippen molar-refractivity contribution in [3.05, 3.63) is 29.3 Å². The topological polar surface area (TPSA) is 35.0 Å². The summed E-state index contributed by atoms with van der Waals surface area (Å²) in [6.45, 7) is 0.639. The highest BCUT2D eigenvalue weighted by Crippen LogP contribution is 2.27. The third kappa shape index (κ3) is 4.35. The van der Waals surface area contributed by atoms with E-state index in [1.807, 2.05) is 30.5 Å². The van der Waals surface area contributed by atoms with Gasteiger partial charge in [0, 0.05) is 10.8 Å². The van der Waals surface area contributed by atoms with Crippen molar-refractivity contribution in [2.24, 2.45) is 0 Å². The molecule has 0 unspecified atom stereocenters. The number of thioether (sulfide) groups is 2. The number of halogens is 1. The van der Waals surface area contributed by atoms with Gasteiger partial charge in [-0.2, -0.15) is 0 Å². The fraction of sp³-hybridized carbons (Fsp3) is 0.273. The molecule has 1 aromatic heterocycles. The fourth-order valence-electron chi connectivity index (χ4n) is 1.16. The Hall–Kier alpha value is -0.430. The number of aromatic nitrogens is 2. The zero-order valence-corrected chi connectivity index (χ0v) is 12.8. The molecule has 0 saturated heterocycles. The number of benzene rings is 1. The maximum atomic E-state index is 5.79. The predicted molar refractivity (Wildman–Crippen MR) is 79.4 cm³/mol. The van der Waals surface area contributed by atoms with Gasteiger partial charge in [0.25, 0.3) is 0 Å². The molecule has 1 heterocycles. The van der Waals surface area contributed by atoms with E-state index in [9.17, 15) is 0 Å². The van der Waals surface area contributed by atoms with Crippen molar-refractivity contribution in [3.8, 4) is 5.75 Å². The first-order valence-corrected chi connectivity index (χ1v) is 8.57. The summed E-state index contributed by atoms with van der Waals surface area (Å²) < 4.78 is 7.57. The van der Waals surface area contributed by atoms with Crippen molar-refractivity contribution in [2.75, 3.05) is 18.6 Å². The normalized spacial score (nSPS) is 10.6. The molecule has 0 atom stereocenters. The van der Waals surface area contributed by atoms with E-state index < -0.39 is 0 Å². The summed E-state index contributed by atoms with van der Waals surface area (Å²) in [4.78, 5) is 0. The predicted octanol–water partition coefficient (Wildman–Crippen LogP) is 4.08. The van der Waals surface area contributed by atoms with E-state index in [0.717, 1.165) is 25.2 Å². The van der Waals surface area contributed by atoms with E-state index in [-0.39, 0.29) is 0 Å². The second-order valence-corrected chi connectivity index (χ2v) is 7.00. The minimum absolute atomic E-state index is 0.639. The Labute approximate surface area is 123 Å². The van der Waals surface area contributed by atoms with Crippen LogP contribution in [-0.4, -0.2) is 28.8 Å². The van der Waals surface area contributed by atoms with Crippen molar-refractivity contribution in [2.45, 2.75) is 8.68 Å². The van der Waals surface area contributed by atoms with Crippen LogP contribution in [0.15, 0.2) is 32.9 Å². The Morgan fingerprint density at radius 3 is 2.61 bits per heavy atom. The molecule has 2 aromatic rings. The monoisotopic (exact) mass is 318 g/mol. The molecule has 0 radical (unpaired) electrons. The highest BCUT2D eigenvalue weighted by atomic mass is 35.5. The van der Waals surface area contributed by atoms with E-state index in [2.05, 4.69) is 10.2 Å². The SMILES string of the molecule is CSc1nnc(SCCOc2ccc(Cl)cc2)s1. The Balaban J connectivity index is 1.71. The van der Waals surface area contributed by atoms with Crippen LogP contribution in [0.2, 0.25) is 5.02 Å². The molecule has 0 aliphatic heterocycles. The molecule has 0 aliphatic carbocycles. The lowest BCUT2D eigenvalue weighted by Crippen LogP contribution is -1.99. The van der Waals surface area contributed by atoms with Gasteiger partial charge in [0.1, 0.15) is 5.75 Å². The summed E-state index contributed by atoms with van der Waals surface area (Å²) >= 11 is 10.7. The highest BCUT2D eigenvalue weighted by Gasteiger charge is 2.03. The molecule has 7 heteroatoms. The number of hydrogen-bond acceptors (Lipinski definition) is 6. The van der Waals surface area contributed by atoms with Crippen LogP contribution >= 0.6 is 46.5 Å². The van der Waals surface area contributed by atoms with E-state index in [4.69, 9.17) is 16.3 Å². The van der Waals surface area contributed by atoms with Gasteiger partial charge in [0.05, 0.1) is 6.61 Å². The molecule has 18 heavy (non-hydrogen) atoms. The second kappa shape index (κ2) is 7.23. The lowest BCUT2D eigenvalue weighted by molar-refractivity contribution is 0.344. The lowest BCUT2D eigenvalue weighted by Gasteiger charge is -2.04. The molecule has 96 valence electrons. The summed E-state index contributed by atoms with van der Waals surface area (Å²) in [6.07, 6.45) is 2.00. The van der Waals surface area contributed by atoms with Crippen LogP contribution in [0.25, 0.3) is 0 Å². The minimum atomic E-state index is 0.639. The minimum Gasteiger partial charge on any atom is -0.493 e. The van der Waals surface area contributed by atoms with Crippen LogP contribution in [0, 0.1) is 0 Å². The Morgan fingerprint density at radius 2 is 1.94 bits per heavy atom. The van der Waals surface area contributed by atoms with Gasteiger partial charge in [-0.15, -0.1) is 10.2 Å². The van der Waals surface area contributed by atoms with Crippen molar-refractivity contribution in [1.82, 2.24) is 10.2 Å². The van der Waals surface area contributed by atoms with E-state index >= 15 is 0 Å². The van der Waals surface area contributed by atoms with E-state index in [0.29, 0.717) is 6.61 Å². The second-order valence-electron chi connectivity index (χ2n) is 3.19. The van der Waals surface area contributed by atoms with Crippen LogP contribution in [0.4, 0.5) is 0 Å². The molecule has 1 aromatic carbocycles. The van der Waals surface area contributed by atoms with Gasteiger partial charge >= 0.3 is 0 Å². The van der Waals surface area contributed by atoms with E-state index in [1.165, 1.54) is 0 Å². The molecular formula is C11H11ClN2OS3. The maximum absolute atomic E-state index is 5.79. The standard InChI is InChI=1S/C11H11ClN2OS3/c1-16-10-13-14-11(18-10)17-7-6-15-9-4-2-8(12)3-5-9/h2-5H,6-7H2,1H3. The molecule has 0 N–H and O–H groups in total. The Kier molecular flexibility index (Phi) is 5.62. The van der Waals surface area contributed by atoms with Gasteiger partial charge in [0.2, 0.25) is 0 Å². The molecule has 0 bridgehead atoms. The van der Waals surface area contributed by atoms with Gasteiger partial charge in [0.15, 0.2) is 8.68 Å². The van der Waals surface area contributed by atoms with E-state index in [1.54, 1.807) is 34.9 Å². The zero-order chi connectivity index (χ0) is 12.8. The molecule has 0 aliphatic rings. The lowest BCUT2D eigenvalue weighted by atomic mass is 10.3. The largest absolute Gasteiger partial charge is 0.493 e. The smallest absolute Gasteiger partial charge is 0.175 e. The molecule has 0 spiro atoms. The third-order valence-corrected chi connectivity index (χ3v) is 5.20. The zero-order valence-electron chi connectivity index (χ0n) is 9.63. The van der Waals surface area contributed by atoms with Gasteiger partial charge in [-0.05, 0) is 30.5 Å². The maximum Gasteiger partial charge on any atom is 0.175 e. The summed E-state index contributed by atoms with van der Waals surface area (Å²) in [7, 11) is 0. The first-order chi connectivity index (χ1) is 8.78. The van der Waals surface area contributed by atoms with Gasteiger partial charge in [-0.3, -0.25) is 0 Å². The van der Waals surface area contributed by atoms with Crippen LogP contribution in [0.5, 0.6) is 5.75 Å². The molecular weight excluding hydrogens is 308 g/mol. The number of hydrogen-bond donors (Lipinski definition) is 0. The first kappa shape index (κ1) is 14.0.